The van der Waals surface area contributed by atoms with Crippen molar-refractivity contribution in [2.24, 2.45) is 28.8 Å². The van der Waals surface area contributed by atoms with E-state index < -0.39 is 23.3 Å². The van der Waals surface area contributed by atoms with Gasteiger partial charge in [-0.25, -0.2) is 0 Å². The number of carbonyl (C=O) groups excluding carboxylic acids is 2. The number of hydrogen-bond acceptors (Lipinski definition) is 10. The van der Waals surface area contributed by atoms with E-state index in [2.05, 4.69) is 43.0 Å². The van der Waals surface area contributed by atoms with Gasteiger partial charge in [0.15, 0.2) is 6.29 Å². The second-order valence-electron chi connectivity index (χ2n) is 19.0. The molecule has 0 saturated heterocycles. The van der Waals surface area contributed by atoms with Crippen molar-refractivity contribution in [2.75, 3.05) is 26.9 Å². The maximum atomic E-state index is 15.1. The van der Waals surface area contributed by atoms with Crippen molar-refractivity contribution >= 4 is 28.7 Å². The number of oxime groups is 1. The highest BCUT2D eigenvalue weighted by atomic mass is 16.7. The van der Waals surface area contributed by atoms with E-state index >= 15 is 4.79 Å². The number of benzene rings is 4. The Morgan fingerprint density at radius 1 is 0.954 bits per heavy atom. The van der Waals surface area contributed by atoms with Crippen molar-refractivity contribution in [2.45, 2.75) is 108 Å². The summed E-state index contributed by atoms with van der Waals surface area (Å²) < 4.78 is 26.7. The third-order valence-corrected chi connectivity index (χ3v) is 13.4. The van der Waals surface area contributed by atoms with Crippen LogP contribution in [0.2, 0.25) is 0 Å². The number of aliphatic hydroxyl groups excluding tert-OH is 2. The first kappa shape index (κ1) is 46.1. The zero-order valence-corrected chi connectivity index (χ0v) is 38.2. The maximum absolute atomic E-state index is 15.1. The average molecular weight is 885 g/mol. The number of aliphatic hydroxyl groups is 2. The van der Waals surface area contributed by atoms with E-state index in [9.17, 15) is 15.0 Å². The molecule has 4 aliphatic rings. The van der Waals surface area contributed by atoms with Gasteiger partial charge < -0.3 is 38.9 Å². The first-order valence-electron chi connectivity index (χ1n) is 23.4. The second kappa shape index (κ2) is 19.9. The molecule has 2 N–H and O–H groups in total. The van der Waals surface area contributed by atoms with Crippen LogP contribution in [-0.4, -0.2) is 77.4 Å². The van der Waals surface area contributed by atoms with Crippen molar-refractivity contribution in [1.29, 1.82) is 0 Å². The number of fused-ring (bicyclic) bond motifs is 3. The van der Waals surface area contributed by atoms with Gasteiger partial charge in [-0.2, -0.15) is 0 Å². The molecule has 0 spiro atoms. The molecule has 1 amide bonds. The molecule has 4 aromatic rings. The van der Waals surface area contributed by atoms with Crippen LogP contribution in [0.3, 0.4) is 0 Å². The molecule has 344 valence electrons. The normalized spacial score (nSPS) is 24.0. The largest absolute Gasteiger partial charge is 0.496 e. The zero-order chi connectivity index (χ0) is 45.7. The minimum absolute atomic E-state index is 0.0374. The molecule has 11 heteroatoms. The first-order valence-corrected chi connectivity index (χ1v) is 23.4. The summed E-state index contributed by atoms with van der Waals surface area (Å²) >= 11 is 0. The van der Waals surface area contributed by atoms with Gasteiger partial charge in [-0.3, -0.25) is 9.59 Å². The molecule has 6 atom stereocenters. The number of allylic oxidation sites excluding steroid dienone is 1. The third kappa shape index (κ3) is 9.74. The lowest BCUT2D eigenvalue weighted by Gasteiger charge is -2.60. The molecule has 8 rings (SSSR count). The highest BCUT2D eigenvalue weighted by molar-refractivity contribution is 6.03. The van der Waals surface area contributed by atoms with Crippen molar-refractivity contribution in [3.8, 4) is 23.0 Å². The van der Waals surface area contributed by atoms with Gasteiger partial charge in [0.2, 0.25) is 11.7 Å². The second-order valence-corrected chi connectivity index (χ2v) is 19.0. The van der Waals surface area contributed by atoms with Crippen LogP contribution in [0.25, 0.3) is 10.8 Å². The Morgan fingerprint density at radius 3 is 2.42 bits per heavy atom. The molecule has 0 bridgehead atoms. The Hall–Kier alpha value is -5.49. The van der Waals surface area contributed by atoms with E-state index in [4.69, 9.17) is 28.9 Å². The molecule has 3 aliphatic carbocycles. The molecular weight excluding hydrogens is 821 g/mol. The van der Waals surface area contributed by atoms with E-state index in [0.29, 0.717) is 54.4 Å². The van der Waals surface area contributed by atoms with E-state index in [0.717, 1.165) is 78.0 Å². The van der Waals surface area contributed by atoms with E-state index in [1.807, 2.05) is 56.0 Å². The Morgan fingerprint density at radius 2 is 1.69 bits per heavy atom. The zero-order valence-electron chi connectivity index (χ0n) is 38.2. The van der Waals surface area contributed by atoms with E-state index in [1.54, 1.807) is 24.3 Å². The van der Waals surface area contributed by atoms with Gasteiger partial charge in [0.25, 0.3) is 0 Å². The van der Waals surface area contributed by atoms with Gasteiger partial charge >= 0.3 is 0 Å². The van der Waals surface area contributed by atoms with E-state index in [1.165, 1.54) is 7.11 Å². The molecule has 0 unspecified atom stereocenters. The molecule has 0 aromatic heterocycles. The van der Waals surface area contributed by atoms with Crippen molar-refractivity contribution in [3.63, 3.8) is 0 Å². The van der Waals surface area contributed by atoms with Crippen LogP contribution in [0, 0.1) is 23.7 Å². The summed E-state index contributed by atoms with van der Waals surface area (Å²) in [6.07, 6.45) is 11.4. The average Bonchev–Trinajstić information content (AvgIpc) is 4.16. The highest BCUT2D eigenvalue weighted by Gasteiger charge is 2.66. The number of methoxy groups -OCH3 is 1. The standard InChI is InChI=1S/C54H64N2O9/c1-6-28-62-54-49(56(52(60)36-20-21-36)33-38-17-13-16-35-14-7-8-18-42(35)38)32-46(55-65-53(2,3)4)44-30-37(15-9-11-26-57)43(19-10-12-27-58)50(51(44)54)45-31-41(23-25-48(45)64-54)63-40-22-24-47(61-5)39(29-40)34-59/h6-8,13-14,16-18,22-25,29-31,34,36-37,43,49-51,57-58H,1,9-12,15,19-21,26-28,32-33H2,2-5H3/t37-,43+,49-,50+,51+,54+/m0/s1. The van der Waals surface area contributed by atoms with Gasteiger partial charge in [0.05, 0.1) is 30.9 Å². The van der Waals surface area contributed by atoms with Crippen LogP contribution in [0.5, 0.6) is 23.0 Å². The maximum Gasteiger partial charge on any atom is 0.239 e. The summed E-state index contributed by atoms with van der Waals surface area (Å²) in [5.74, 6) is 0.0978. The molecule has 4 aromatic carbocycles. The summed E-state index contributed by atoms with van der Waals surface area (Å²) in [6.45, 7) is 10.7. The topological polar surface area (TPSA) is 136 Å². The monoisotopic (exact) mass is 884 g/mol. The number of ether oxygens (including phenoxy) is 4. The van der Waals surface area contributed by atoms with Gasteiger partial charge in [-0.1, -0.05) is 72.6 Å². The summed E-state index contributed by atoms with van der Waals surface area (Å²) in [4.78, 5) is 35.5. The molecule has 11 nitrogen and oxygen atoms in total. The van der Waals surface area contributed by atoms with Crippen LogP contribution in [0.4, 0.5) is 0 Å². The van der Waals surface area contributed by atoms with Crippen LogP contribution in [0.15, 0.2) is 108 Å². The number of hydrogen-bond donors (Lipinski definition) is 2. The molecular formula is C54H64N2O9. The molecule has 2 fully saturated rings. The van der Waals surface area contributed by atoms with Gasteiger partial charge in [0.1, 0.15) is 34.6 Å². The quantitative estimate of drug-likeness (QED) is 0.0385. The van der Waals surface area contributed by atoms with Crippen molar-refractivity contribution in [3.05, 3.63) is 120 Å². The predicted octanol–water partition coefficient (Wildman–Crippen LogP) is 10.3. The van der Waals surface area contributed by atoms with Gasteiger partial charge in [-0.15, -0.1) is 6.58 Å². The Bertz CT molecular complexity index is 2410. The minimum atomic E-state index is -1.39. The van der Waals surface area contributed by atoms with Crippen LogP contribution in [-0.2, 0) is 20.9 Å². The van der Waals surface area contributed by atoms with Gasteiger partial charge in [-0.05, 0) is 129 Å². The lowest BCUT2D eigenvalue weighted by atomic mass is 9.55. The lowest BCUT2D eigenvalue weighted by molar-refractivity contribution is -0.258. The minimum Gasteiger partial charge on any atom is -0.496 e. The summed E-state index contributed by atoms with van der Waals surface area (Å²) in [6, 6.07) is 24.9. The molecule has 1 aliphatic heterocycles. The highest BCUT2D eigenvalue weighted by Crippen LogP contribution is 2.62. The first-order chi connectivity index (χ1) is 31.5. The van der Waals surface area contributed by atoms with Crippen molar-refractivity contribution < 1.29 is 43.6 Å². The van der Waals surface area contributed by atoms with Crippen LogP contribution < -0.4 is 14.2 Å². The summed E-state index contributed by atoms with van der Waals surface area (Å²) in [5.41, 5.74) is 3.47. The fourth-order valence-corrected chi connectivity index (χ4v) is 10.4. The van der Waals surface area contributed by atoms with Gasteiger partial charge in [0, 0.05) is 43.6 Å². The van der Waals surface area contributed by atoms with Crippen LogP contribution in [0.1, 0.15) is 106 Å². The molecule has 2 saturated carbocycles. The molecule has 65 heavy (non-hydrogen) atoms. The van der Waals surface area contributed by atoms with Crippen molar-refractivity contribution in [1.82, 2.24) is 4.90 Å². The van der Waals surface area contributed by atoms with Crippen LogP contribution >= 0.6 is 0 Å². The third-order valence-electron chi connectivity index (χ3n) is 13.4. The molecule has 0 radical (unpaired) electrons. The number of unbranched alkanes of at least 4 members (excludes halogenated alkanes) is 2. The molecule has 1 heterocycles. The Kier molecular flexibility index (Phi) is 14.1. The smallest absolute Gasteiger partial charge is 0.239 e. The lowest BCUT2D eigenvalue weighted by Crippen LogP contribution is -2.70. The summed E-state index contributed by atoms with van der Waals surface area (Å²) in [7, 11) is 1.53. The number of rotatable bonds is 20. The number of nitrogens with zero attached hydrogens (tertiary/aromatic N) is 2. The number of aldehydes is 1. The predicted molar refractivity (Wildman–Crippen MR) is 251 cm³/mol. The fourth-order valence-electron chi connectivity index (χ4n) is 10.4. The SMILES string of the molecule is C=CCO[C@@]12Oc3ccc(Oc4ccc(OC)c(C=O)c4)cc3[C@H]3[C@H](CCCCO)[C@@H](CCCCO)C=C(C(=NOC(C)(C)C)C[C@@H]1N(Cc1cccc4ccccc14)C(=O)C1CC1)[C@H]32. The number of amides is 1. The summed E-state index contributed by atoms with van der Waals surface area (Å²) in [5, 5.41) is 27.2. The Balaban J connectivity index is 1.35. The fraction of sp³-hybridized carbons (Fsp3) is 0.463. The number of carbonyl (C=O) groups is 2. The Labute approximate surface area is 383 Å². The van der Waals surface area contributed by atoms with E-state index in [-0.39, 0.29) is 49.4 Å².